The predicted molar refractivity (Wildman–Crippen MR) is 54.7 cm³/mol. The van der Waals surface area contributed by atoms with Gasteiger partial charge in [0, 0.05) is 0 Å². The van der Waals surface area contributed by atoms with Crippen molar-refractivity contribution >= 4 is 11.6 Å². The number of H-pyrrole nitrogens is 1. The van der Waals surface area contributed by atoms with E-state index in [0.717, 1.165) is 5.56 Å². The Morgan fingerprint density at radius 1 is 1.29 bits per heavy atom. The van der Waals surface area contributed by atoms with Crippen LogP contribution in [0.1, 0.15) is 0 Å². The molecule has 2 aromatic rings. The Hall–Kier alpha value is -2.28. The second-order valence-electron chi connectivity index (χ2n) is 2.81. The van der Waals surface area contributed by atoms with Crippen LogP contribution < -0.4 is 5.73 Å². The summed E-state index contributed by atoms with van der Waals surface area (Å²) in [5, 5.41) is 6.40. The van der Waals surface area contributed by atoms with E-state index in [2.05, 4.69) is 15.0 Å². The molecule has 0 radical (unpaired) electrons. The normalized spacial score (nSPS) is 9.64. The first kappa shape index (κ1) is 8.32. The third-order valence-electron chi connectivity index (χ3n) is 1.95. The van der Waals surface area contributed by atoms with E-state index in [4.69, 9.17) is 12.3 Å². The minimum atomic E-state index is 0.363. The van der Waals surface area contributed by atoms with Gasteiger partial charge in [0.1, 0.15) is 0 Å². The van der Waals surface area contributed by atoms with Gasteiger partial charge in [-0.25, -0.2) is 5.10 Å². The number of nitrogen functional groups attached to an aromatic ring is 1. The Kier molecular flexibility index (Phi) is 1.92. The van der Waals surface area contributed by atoms with Gasteiger partial charge in [0.2, 0.25) is 0 Å². The van der Waals surface area contributed by atoms with Crippen molar-refractivity contribution in [2.24, 2.45) is 0 Å². The smallest absolute Gasteiger partial charge is 0.259 e. The Bertz CT molecular complexity index is 479. The highest BCUT2D eigenvalue weighted by Crippen LogP contribution is 2.32. The summed E-state index contributed by atoms with van der Waals surface area (Å²) in [6, 6.07) is 9.51. The lowest BCUT2D eigenvalue weighted by Gasteiger charge is -1.98. The summed E-state index contributed by atoms with van der Waals surface area (Å²) in [5.74, 6) is 0.746. The first-order valence-electron chi connectivity index (χ1n) is 4.09. The number of nitrogens with zero attached hydrogens (tertiary/aromatic N) is 2. The third-order valence-corrected chi connectivity index (χ3v) is 1.95. The van der Waals surface area contributed by atoms with Crippen LogP contribution in [0.5, 0.6) is 0 Å². The van der Waals surface area contributed by atoms with Crippen LogP contribution in [0.4, 0.5) is 11.6 Å². The summed E-state index contributed by atoms with van der Waals surface area (Å²) < 4.78 is 0. The largest absolute Gasteiger partial charge is 0.381 e. The molecule has 1 aromatic carbocycles. The summed E-state index contributed by atoms with van der Waals surface area (Å²) >= 11 is 0. The maximum Gasteiger partial charge on any atom is 0.259 e. The van der Waals surface area contributed by atoms with E-state index in [1.165, 1.54) is 0 Å². The van der Waals surface area contributed by atoms with E-state index in [0.29, 0.717) is 17.2 Å². The molecule has 1 aromatic heterocycles. The molecule has 14 heavy (non-hydrogen) atoms. The number of hydrogen-bond acceptors (Lipinski definition) is 2. The summed E-state index contributed by atoms with van der Waals surface area (Å²) in [4.78, 5) is 3.32. The minimum absolute atomic E-state index is 0.363. The van der Waals surface area contributed by atoms with Crippen LogP contribution in [0, 0.1) is 6.57 Å². The van der Waals surface area contributed by atoms with Gasteiger partial charge in [-0.1, -0.05) is 42.0 Å². The predicted octanol–water partition coefficient (Wildman–Crippen LogP) is 2.21. The highest BCUT2D eigenvalue weighted by atomic mass is 15.2. The van der Waals surface area contributed by atoms with Crippen LogP contribution in [0.2, 0.25) is 0 Å². The van der Waals surface area contributed by atoms with E-state index in [9.17, 15) is 0 Å². The minimum Gasteiger partial charge on any atom is -0.381 e. The highest BCUT2D eigenvalue weighted by molar-refractivity contribution is 5.84. The lowest BCUT2D eigenvalue weighted by molar-refractivity contribution is 1.11. The molecular weight excluding hydrogens is 176 g/mol. The van der Waals surface area contributed by atoms with Gasteiger partial charge < -0.3 is 10.6 Å². The Morgan fingerprint density at radius 2 is 2.00 bits per heavy atom. The SMILES string of the molecule is [C-]#[N+]c1[nH]nc(N)c1-c1ccccc1. The Labute approximate surface area is 81.2 Å². The topological polar surface area (TPSA) is 59.1 Å². The lowest BCUT2D eigenvalue weighted by Crippen LogP contribution is -1.87. The van der Waals surface area contributed by atoms with Crippen molar-refractivity contribution in [1.29, 1.82) is 0 Å². The van der Waals surface area contributed by atoms with E-state index in [1.54, 1.807) is 0 Å². The van der Waals surface area contributed by atoms with E-state index < -0.39 is 0 Å². The van der Waals surface area contributed by atoms with E-state index in [-0.39, 0.29) is 0 Å². The molecule has 0 aliphatic rings. The van der Waals surface area contributed by atoms with Crippen LogP contribution in [0.25, 0.3) is 16.0 Å². The van der Waals surface area contributed by atoms with E-state index in [1.807, 2.05) is 30.3 Å². The number of aromatic amines is 1. The maximum absolute atomic E-state index is 6.95. The first-order valence-corrected chi connectivity index (χ1v) is 4.09. The number of hydrogen-bond donors (Lipinski definition) is 2. The Balaban J connectivity index is 2.63. The molecule has 0 saturated carbocycles. The molecule has 0 unspecified atom stereocenters. The van der Waals surface area contributed by atoms with Crippen molar-refractivity contribution in [3.8, 4) is 11.1 Å². The second kappa shape index (κ2) is 3.23. The van der Waals surface area contributed by atoms with Gasteiger partial charge in [0.25, 0.3) is 5.82 Å². The standard InChI is InChI=1S/C10H8N4/c1-12-10-8(9(11)13-14-10)7-5-3-2-4-6-7/h2-6H,(H3,11,13,14). The average Bonchev–Trinajstić information content (AvgIpc) is 2.61. The molecule has 0 spiro atoms. The average molecular weight is 184 g/mol. The highest BCUT2D eigenvalue weighted by Gasteiger charge is 2.11. The van der Waals surface area contributed by atoms with Crippen LogP contribution >= 0.6 is 0 Å². The molecule has 4 heteroatoms. The van der Waals surface area contributed by atoms with Crippen molar-refractivity contribution in [1.82, 2.24) is 10.2 Å². The molecule has 0 bridgehead atoms. The van der Waals surface area contributed by atoms with Crippen molar-refractivity contribution in [3.05, 3.63) is 41.7 Å². The van der Waals surface area contributed by atoms with Gasteiger partial charge in [-0.05, 0) is 5.56 Å². The molecule has 2 rings (SSSR count). The monoisotopic (exact) mass is 184 g/mol. The summed E-state index contributed by atoms with van der Waals surface area (Å²) in [6.07, 6.45) is 0. The summed E-state index contributed by atoms with van der Waals surface area (Å²) in [5.41, 5.74) is 7.25. The number of anilines is 1. The van der Waals surface area contributed by atoms with Gasteiger partial charge in [-0.15, -0.1) is 0 Å². The maximum atomic E-state index is 6.95. The van der Waals surface area contributed by atoms with Crippen LogP contribution in [-0.4, -0.2) is 10.2 Å². The zero-order chi connectivity index (χ0) is 9.97. The molecule has 0 atom stereocenters. The number of nitrogens with two attached hydrogens (primary N) is 1. The quantitative estimate of drug-likeness (QED) is 0.667. The third kappa shape index (κ3) is 1.21. The fourth-order valence-electron chi connectivity index (χ4n) is 1.32. The van der Waals surface area contributed by atoms with Gasteiger partial charge >= 0.3 is 0 Å². The molecule has 0 amide bonds. The van der Waals surface area contributed by atoms with Crippen LogP contribution in [0.15, 0.2) is 30.3 Å². The number of rotatable bonds is 1. The van der Waals surface area contributed by atoms with Gasteiger partial charge in [0.05, 0.1) is 5.56 Å². The zero-order valence-corrected chi connectivity index (χ0v) is 7.36. The fraction of sp³-hybridized carbons (Fsp3) is 0. The first-order chi connectivity index (χ1) is 6.83. The molecule has 0 aliphatic carbocycles. The fourth-order valence-corrected chi connectivity index (χ4v) is 1.32. The molecule has 3 N–H and O–H groups in total. The number of aromatic nitrogens is 2. The van der Waals surface area contributed by atoms with Gasteiger partial charge in [-0.2, -0.15) is 0 Å². The van der Waals surface area contributed by atoms with Crippen molar-refractivity contribution in [3.63, 3.8) is 0 Å². The second-order valence-corrected chi connectivity index (χ2v) is 2.81. The number of nitrogens with one attached hydrogen (secondary N) is 1. The zero-order valence-electron chi connectivity index (χ0n) is 7.36. The van der Waals surface area contributed by atoms with E-state index >= 15 is 0 Å². The summed E-state index contributed by atoms with van der Waals surface area (Å²) in [7, 11) is 0. The van der Waals surface area contributed by atoms with Crippen molar-refractivity contribution in [2.75, 3.05) is 5.73 Å². The molecular formula is C10H8N4. The number of benzene rings is 1. The molecule has 0 saturated heterocycles. The van der Waals surface area contributed by atoms with Gasteiger partial charge in [-0.3, -0.25) is 0 Å². The van der Waals surface area contributed by atoms with Crippen LogP contribution in [-0.2, 0) is 0 Å². The molecule has 68 valence electrons. The molecule has 0 fully saturated rings. The van der Waals surface area contributed by atoms with Crippen molar-refractivity contribution in [2.45, 2.75) is 0 Å². The Morgan fingerprint density at radius 3 is 2.64 bits per heavy atom. The van der Waals surface area contributed by atoms with Crippen LogP contribution in [0.3, 0.4) is 0 Å². The van der Waals surface area contributed by atoms with Crippen molar-refractivity contribution < 1.29 is 0 Å². The lowest BCUT2D eigenvalue weighted by atomic mass is 10.1. The molecule has 0 aliphatic heterocycles. The van der Waals surface area contributed by atoms with Gasteiger partial charge in [0.15, 0.2) is 5.82 Å². The summed E-state index contributed by atoms with van der Waals surface area (Å²) in [6.45, 7) is 6.95. The molecule has 1 heterocycles. The molecule has 4 nitrogen and oxygen atoms in total.